The van der Waals surface area contributed by atoms with Gasteiger partial charge in [-0.3, -0.25) is 14.8 Å². The zero-order valence-electron chi connectivity index (χ0n) is 13.3. The van der Waals surface area contributed by atoms with Crippen molar-refractivity contribution in [2.24, 2.45) is 0 Å². The standard InChI is InChI=1S/C16H20N4O3/c1-12-8-17-19(9-12)11-14-10-18(6-7-23-14)16-13(2)4-3-5-15(16)20(21)22/h3-5,8-9,14H,6-7,10-11H2,1-2H3. The molecule has 1 atom stereocenters. The molecule has 0 saturated carbocycles. The molecule has 122 valence electrons. The molecular weight excluding hydrogens is 296 g/mol. The fourth-order valence-corrected chi connectivity index (χ4v) is 3.01. The van der Waals surface area contributed by atoms with Crippen LogP contribution in [-0.2, 0) is 11.3 Å². The number of nitrogens with zero attached hydrogens (tertiary/aromatic N) is 4. The number of morpholine rings is 1. The molecule has 1 aliphatic rings. The van der Waals surface area contributed by atoms with Gasteiger partial charge in [0, 0.05) is 25.4 Å². The van der Waals surface area contributed by atoms with Gasteiger partial charge < -0.3 is 9.64 Å². The van der Waals surface area contributed by atoms with Crippen molar-refractivity contribution in [2.75, 3.05) is 24.6 Å². The van der Waals surface area contributed by atoms with Crippen LogP contribution in [0.5, 0.6) is 0 Å². The summed E-state index contributed by atoms with van der Waals surface area (Å²) < 4.78 is 7.67. The second-order valence-electron chi connectivity index (χ2n) is 5.88. The van der Waals surface area contributed by atoms with Crippen LogP contribution >= 0.6 is 0 Å². The molecule has 2 aromatic rings. The summed E-state index contributed by atoms with van der Waals surface area (Å²) in [5.41, 5.74) is 2.87. The van der Waals surface area contributed by atoms with E-state index in [0.717, 1.165) is 11.1 Å². The topological polar surface area (TPSA) is 73.4 Å². The van der Waals surface area contributed by atoms with E-state index < -0.39 is 0 Å². The minimum Gasteiger partial charge on any atom is -0.373 e. The molecule has 23 heavy (non-hydrogen) atoms. The Labute approximate surface area is 134 Å². The Kier molecular flexibility index (Phi) is 4.29. The summed E-state index contributed by atoms with van der Waals surface area (Å²) in [5, 5.41) is 15.6. The van der Waals surface area contributed by atoms with Crippen molar-refractivity contribution in [1.82, 2.24) is 9.78 Å². The minimum atomic E-state index is -0.316. The first-order valence-corrected chi connectivity index (χ1v) is 7.64. The SMILES string of the molecule is Cc1cnn(CC2CN(c3c(C)cccc3[N+](=O)[O-])CCO2)c1. The van der Waals surface area contributed by atoms with Crippen molar-refractivity contribution in [3.8, 4) is 0 Å². The first-order chi connectivity index (χ1) is 11.0. The Hall–Kier alpha value is -2.41. The highest BCUT2D eigenvalue weighted by Gasteiger charge is 2.27. The van der Waals surface area contributed by atoms with Crippen LogP contribution in [-0.4, -0.2) is 40.5 Å². The summed E-state index contributed by atoms with van der Waals surface area (Å²) in [6.45, 7) is 6.36. The molecule has 0 bridgehead atoms. The van der Waals surface area contributed by atoms with Crippen LogP contribution < -0.4 is 4.90 Å². The van der Waals surface area contributed by atoms with Crippen LogP contribution in [0.15, 0.2) is 30.6 Å². The van der Waals surface area contributed by atoms with Gasteiger partial charge in [-0.2, -0.15) is 5.10 Å². The molecule has 7 heteroatoms. The number of nitro groups is 1. The van der Waals surface area contributed by atoms with Gasteiger partial charge in [0.25, 0.3) is 5.69 Å². The zero-order valence-corrected chi connectivity index (χ0v) is 13.3. The van der Waals surface area contributed by atoms with Gasteiger partial charge in [0.15, 0.2) is 0 Å². The number of rotatable bonds is 4. The summed E-state index contributed by atoms with van der Waals surface area (Å²) in [7, 11) is 0. The number of ether oxygens (including phenoxy) is 1. The molecule has 0 aliphatic carbocycles. The van der Waals surface area contributed by atoms with Gasteiger partial charge in [0.05, 0.1) is 30.4 Å². The summed E-state index contributed by atoms with van der Waals surface area (Å²) in [6.07, 6.45) is 3.74. The van der Waals surface area contributed by atoms with Crippen LogP contribution in [0.3, 0.4) is 0 Å². The van der Waals surface area contributed by atoms with Crippen LogP contribution in [0.1, 0.15) is 11.1 Å². The number of aryl methyl sites for hydroxylation is 2. The highest BCUT2D eigenvalue weighted by Crippen LogP contribution is 2.32. The van der Waals surface area contributed by atoms with E-state index >= 15 is 0 Å². The normalized spacial score (nSPS) is 18.2. The molecule has 1 fully saturated rings. The van der Waals surface area contributed by atoms with Gasteiger partial charge in [-0.25, -0.2) is 0 Å². The number of nitro benzene ring substituents is 1. The van der Waals surface area contributed by atoms with E-state index in [1.54, 1.807) is 12.1 Å². The van der Waals surface area contributed by atoms with Gasteiger partial charge >= 0.3 is 0 Å². The van der Waals surface area contributed by atoms with E-state index in [1.807, 2.05) is 37.0 Å². The van der Waals surface area contributed by atoms with E-state index in [9.17, 15) is 10.1 Å². The fraction of sp³-hybridized carbons (Fsp3) is 0.438. The highest BCUT2D eigenvalue weighted by atomic mass is 16.6. The van der Waals surface area contributed by atoms with Crippen molar-refractivity contribution in [3.05, 3.63) is 51.8 Å². The Morgan fingerprint density at radius 1 is 1.43 bits per heavy atom. The summed E-state index contributed by atoms with van der Waals surface area (Å²) in [4.78, 5) is 13.1. The number of para-hydroxylation sites is 1. The molecule has 2 heterocycles. The molecular formula is C16H20N4O3. The number of aromatic nitrogens is 2. The van der Waals surface area contributed by atoms with E-state index in [1.165, 1.54) is 0 Å². The molecule has 0 spiro atoms. The third-order valence-electron chi connectivity index (χ3n) is 4.02. The molecule has 1 unspecified atom stereocenters. The molecule has 1 aromatic carbocycles. The summed E-state index contributed by atoms with van der Waals surface area (Å²) >= 11 is 0. The second kappa shape index (κ2) is 6.37. The lowest BCUT2D eigenvalue weighted by Gasteiger charge is -2.34. The lowest BCUT2D eigenvalue weighted by molar-refractivity contribution is -0.384. The van der Waals surface area contributed by atoms with E-state index in [0.29, 0.717) is 31.9 Å². The second-order valence-corrected chi connectivity index (χ2v) is 5.88. The summed E-state index contributed by atoms with van der Waals surface area (Å²) in [5.74, 6) is 0. The highest BCUT2D eigenvalue weighted by molar-refractivity contribution is 5.67. The predicted molar refractivity (Wildman–Crippen MR) is 86.8 cm³/mol. The van der Waals surface area contributed by atoms with Crippen LogP contribution in [0, 0.1) is 24.0 Å². The van der Waals surface area contributed by atoms with E-state index in [-0.39, 0.29) is 16.7 Å². The third kappa shape index (κ3) is 3.34. The Morgan fingerprint density at radius 3 is 2.96 bits per heavy atom. The van der Waals surface area contributed by atoms with Gasteiger partial charge in [-0.15, -0.1) is 0 Å². The first kappa shape index (κ1) is 15.5. The first-order valence-electron chi connectivity index (χ1n) is 7.64. The number of anilines is 1. The van der Waals surface area contributed by atoms with Gasteiger partial charge in [-0.1, -0.05) is 12.1 Å². The van der Waals surface area contributed by atoms with Crippen molar-refractivity contribution in [3.63, 3.8) is 0 Å². The molecule has 0 amide bonds. The molecule has 1 aromatic heterocycles. The van der Waals surface area contributed by atoms with Crippen LogP contribution in [0.4, 0.5) is 11.4 Å². The fourth-order valence-electron chi connectivity index (χ4n) is 3.01. The quantitative estimate of drug-likeness (QED) is 0.639. The maximum absolute atomic E-state index is 11.3. The molecule has 1 saturated heterocycles. The number of hydrogen-bond acceptors (Lipinski definition) is 5. The van der Waals surface area contributed by atoms with Gasteiger partial charge in [-0.05, 0) is 25.0 Å². The molecule has 0 N–H and O–H groups in total. The van der Waals surface area contributed by atoms with Gasteiger partial charge in [0.1, 0.15) is 5.69 Å². The minimum absolute atomic E-state index is 0.0396. The number of benzene rings is 1. The maximum atomic E-state index is 11.3. The predicted octanol–water partition coefficient (Wildman–Crippen LogP) is 2.31. The van der Waals surface area contributed by atoms with Crippen molar-refractivity contribution in [1.29, 1.82) is 0 Å². The lowest BCUT2D eigenvalue weighted by atomic mass is 10.1. The lowest BCUT2D eigenvalue weighted by Crippen LogP contribution is -2.44. The smallest absolute Gasteiger partial charge is 0.292 e. The van der Waals surface area contributed by atoms with Crippen LogP contribution in [0.25, 0.3) is 0 Å². The third-order valence-corrected chi connectivity index (χ3v) is 4.02. The zero-order chi connectivity index (χ0) is 16.4. The van der Waals surface area contributed by atoms with Crippen LogP contribution in [0.2, 0.25) is 0 Å². The number of hydrogen-bond donors (Lipinski definition) is 0. The molecule has 3 rings (SSSR count). The average Bonchev–Trinajstić information content (AvgIpc) is 2.92. The molecule has 7 nitrogen and oxygen atoms in total. The monoisotopic (exact) mass is 316 g/mol. The molecule has 0 radical (unpaired) electrons. The van der Waals surface area contributed by atoms with E-state index in [4.69, 9.17) is 4.74 Å². The van der Waals surface area contributed by atoms with Crippen molar-refractivity contribution < 1.29 is 9.66 Å². The largest absolute Gasteiger partial charge is 0.373 e. The Morgan fingerprint density at radius 2 is 2.26 bits per heavy atom. The summed E-state index contributed by atoms with van der Waals surface area (Å²) in [6, 6.07) is 5.19. The van der Waals surface area contributed by atoms with Crippen molar-refractivity contribution >= 4 is 11.4 Å². The maximum Gasteiger partial charge on any atom is 0.292 e. The van der Waals surface area contributed by atoms with E-state index in [2.05, 4.69) is 10.00 Å². The Balaban J connectivity index is 1.80. The Bertz CT molecular complexity index is 713. The van der Waals surface area contributed by atoms with Gasteiger partial charge in [0.2, 0.25) is 0 Å². The molecule has 1 aliphatic heterocycles. The van der Waals surface area contributed by atoms with Crippen molar-refractivity contribution in [2.45, 2.75) is 26.5 Å². The average molecular weight is 316 g/mol.